The van der Waals surface area contributed by atoms with Crippen molar-refractivity contribution in [2.24, 2.45) is 0 Å². The van der Waals surface area contributed by atoms with E-state index in [2.05, 4.69) is 21.0 Å². The maximum Gasteiger partial charge on any atom is 0.410 e. The number of rotatable bonds is 6. The number of halogens is 4. The SMILES string of the molecule is COc1ccc([C@@H]2C[C@H](C(F)(F)F)n3nc(-c4ccc(C(=O)NC5CCNC5)cc4)cc3N2)cc1OC.Cl. The molecule has 0 radical (unpaired) electrons. The zero-order chi connectivity index (χ0) is 26.2. The number of fused-ring (bicyclic) bond motifs is 1. The van der Waals surface area contributed by atoms with Crippen LogP contribution in [0.25, 0.3) is 11.3 Å². The van der Waals surface area contributed by atoms with Gasteiger partial charge < -0.3 is 25.4 Å². The first-order valence-electron chi connectivity index (χ1n) is 12.0. The third-order valence-electron chi connectivity index (χ3n) is 6.84. The second-order valence-electron chi connectivity index (χ2n) is 9.20. The second kappa shape index (κ2) is 11.1. The molecule has 1 aromatic heterocycles. The van der Waals surface area contributed by atoms with Crippen LogP contribution in [-0.2, 0) is 0 Å². The Hall–Kier alpha value is -3.44. The minimum atomic E-state index is -4.49. The predicted molar refractivity (Wildman–Crippen MR) is 139 cm³/mol. The Morgan fingerprint density at radius 2 is 1.82 bits per heavy atom. The van der Waals surface area contributed by atoms with Crippen molar-refractivity contribution >= 4 is 24.1 Å². The van der Waals surface area contributed by atoms with Crippen LogP contribution < -0.4 is 25.4 Å². The lowest BCUT2D eigenvalue weighted by atomic mass is 9.96. The summed E-state index contributed by atoms with van der Waals surface area (Å²) in [6, 6.07) is 11.1. The molecule has 2 aliphatic rings. The molecule has 204 valence electrons. The minimum absolute atomic E-state index is 0. The molecule has 8 nitrogen and oxygen atoms in total. The Kier molecular flexibility index (Phi) is 8.08. The topological polar surface area (TPSA) is 89.4 Å². The molecule has 3 N–H and O–H groups in total. The molecule has 2 aliphatic heterocycles. The molecule has 5 rings (SSSR count). The van der Waals surface area contributed by atoms with Crippen molar-refractivity contribution in [3.05, 3.63) is 59.7 Å². The Bertz CT molecular complexity index is 1280. The molecule has 3 atom stereocenters. The van der Waals surface area contributed by atoms with E-state index in [1.54, 1.807) is 48.5 Å². The summed E-state index contributed by atoms with van der Waals surface area (Å²) in [7, 11) is 2.98. The molecule has 0 aliphatic carbocycles. The predicted octanol–water partition coefficient (Wildman–Crippen LogP) is 4.74. The summed E-state index contributed by atoms with van der Waals surface area (Å²) in [6.45, 7) is 1.61. The van der Waals surface area contributed by atoms with Gasteiger partial charge in [0.2, 0.25) is 0 Å². The van der Waals surface area contributed by atoms with Gasteiger partial charge in [-0.25, -0.2) is 4.68 Å². The van der Waals surface area contributed by atoms with Crippen LogP contribution in [0.5, 0.6) is 11.5 Å². The third kappa shape index (κ3) is 5.53. The van der Waals surface area contributed by atoms with Gasteiger partial charge >= 0.3 is 6.18 Å². The highest BCUT2D eigenvalue weighted by atomic mass is 35.5. The maximum atomic E-state index is 14.1. The molecule has 0 spiro atoms. The molecular formula is C26H29ClF3N5O3. The van der Waals surface area contributed by atoms with E-state index in [0.29, 0.717) is 33.9 Å². The van der Waals surface area contributed by atoms with Gasteiger partial charge in [0.15, 0.2) is 17.5 Å². The van der Waals surface area contributed by atoms with Crippen LogP contribution in [0.15, 0.2) is 48.5 Å². The fourth-order valence-corrected chi connectivity index (χ4v) is 4.84. The van der Waals surface area contributed by atoms with Gasteiger partial charge in [-0.15, -0.1) is 12.4 Å². The van der Waals surface area contributed by atoms with Crippen LogP contribution >= 0.6 is 12.4 Å². The van der Waals surface area contributed by atoms with Crippen molar-refractivity contribution < 1.29 is 27.4 Å². The molecular weight excluding hydrogens is 523 g/mol. The van der Waals surface area contributed by atoms with Gasteiger partial charge in [-0.05, 0) is 42.8 Å². The third-order valence-corrected chi connectivity index (χ3v) is 6.84. The summed E-state index contributed by atoms with van der Waals surface area (Å²) < 4.78 is 53.9. The van der Waals surface area contributed by atoms with E-state index in [9.17, 15) is 18.0 Å². The molecule has 1 amide bonds. The van der Waals surface area contributed by atoms with E-state index in [1.165, 1.54) is 14.2 Å². The summed E-state index contributed by atoms with van der Waals surface area (Å²) in [4.78, 5) is 12.5. The number of nitrogens with one attached hydrogen (secondary N) is 3. The van der Waals surface area contributed by atoms with Crippen molar-refractivity contribution in [2.45, 2.75) is 37.1 Å². The number of nitrogens with zero attached hydrogens (tertiary/aromatic N) is 2. The maximum absolute atomic E-state index is 14.1. The normalized spacial score (nSPS) is 20.6. The van der Waals surface area contributed by atoms with Gasteiger partial charge in [0.25, 0.3) is 5.91 Å². The molecule has 1 fully saturated rings. The summed E-state index contributed by atoms with van der Waals surface area (Å²) in [5.74, 6) is 1.03. The quantitative estimate of drug-likeness (QED) is 0.410. The van der Waals surface area contributed by atoms with Gasteiger partial charge in [0.1, 0.15) is 5.82 Å². The number of alkyl halides is 3. The molecule has 0 saturated carbocycles. The number of hydrogen-bond donors (Lipinski definition) is 3. The molecule has 2 aromatic carbocycles. The van der Waals surface area contributed by atoms with Gasteiger partial charge in [-0.1, -0.05) is 18.2 Å². The number of carbonyl (C=O) groups is 1. The fourth-order valence-electron chi connectivity index (χ4n) is 4.84. The Morgan fingerprint density at radius 3 is 2.45 bits per heavy atom. The van der Waals surface area contributed by atoms with E-state index in [-0.39, 0.29) is 36.6 Å². The zero-order valence-electron chi connectivity index (χ0n) is 20.8. The summed E-state index contributed by atoms with van der Waals surface area (Å²) in [6.07, 6.45) is -3.85. The number of hydrogen-bond acceptors (Lipinski definition) is 6. The molecule has 1 unspecified atom stereocenters. The number of amides is 1. The second-order valence-corrected chi connectivity index (χ2v) is 9.20. The van der Waals surface area contributed by atoms with Crippen molar-refractivity contribution in [3.8, 4) is 22.8 Å². The van der Waals surface area contributed by atoms with E-state index in [0.717, 1.165) is 24.2 Å². The number of benzene rings is 2. The number of aromatic nitrogens is 2. The lowest BCUT2D eigenvalue weighted by molar-refractivity contribution is -0.173. The largest absolute Gasteiger partial charge is 0.493 e. The smallest absolute Gasteiger partial charge is 0.410 e. The van der Waals surface area contributed by atoms with Crippen LogP contribution in [-0.4, -0.2) is 55.2 Å². The van der Waals surface area contributed by atoms with E-state index >= 15 is 0 Å². The summed E-state index contributed by atoms with van der Waals surface area (Å²) >= 11 is 0. The fraction of sp³-hybridized carbons (Fsp3) is 0.385. The molecule has 1 saturated heterocycles. The molecule has 0 bridgehead atoms. The van der Waals surface area contributed by atoms with Crippen molar-refractivity contribution in [2.75, 3.05) is 32.6 Å². The lowest BCUT2D eigenvalue weighted by Crippen LogP contribution is -2.36. The summed E-state index contributed by atoms with van der Waals surface area (Å²) in [5, 5.41) is 13.7. The van der Waals surface area contributed by atoms with Crippen molar-refractivity contribution in [1.29, 1.82) is 0 Å². The molecule has 12 heteroatoms. The highest BCUT2D eigenvalue weighted by Gasteiger charge is 2.46. The highest BCUT2D eigenvalue weighted by Crippen LogP contribution is 2.45. The average molecular weight is 552 g/mol. The van der Waals surface area contributed by atoms with Gasteiger partial charge in [-0.2, -0.15) is 18.3 Å². The van der Waals surface area contributed by atoms with Crippen LogP contribution in [0.2, 0.25) is 0 Å². The average Bonchev–Trinajstić information content (AvgIpc) is 3.57. The lowest BCUT2D eigenvalue weighted by Gasteiger charge is -2.33. The van der Waals surface area contributed by atoms with E-state index in [1.807, 2.05) is 0 Å². The Labute approximate surface area is 224 Å². The van der Waals surface area contributed by atoms with Crippen molar-refractivity contribution in [3.63, 3.8) is 0 Å². The first kappa shape index (κ1) is 27.6. The van der Waals surface area contributed by atoms with Gasteiger partial charge in [0.05, 0.1) is 26.0 Å². The first-order chi connectivity index (χ1) is 17.8. The zero-order valence-corrected chi connectivity index (χ0v) is 21.7. The van der Waals surface area contributed by atoms with Crippen LogP contribution in [0, 0.1) is 0 Å². The molecule has 38 heavy (non-hydrogen) atoms. The number of anilines is 1. The van der Waals surface area contributed by atoms with Gasteiger partial charge in [-0.3, -0.25) is 4.79 Å². The van der Waals surface area contributed by atoms with Crippen LogP contribution in [0.4, 0.5) is 19.0 Å². The monoisotopic (exact) mass is 551 g/mol. The van der Waals surface area contributed by atoms with E-state index in [4.69, 9.17) is 9.47 Å². The Balaban J connectivity index is 0.00000336. The van der Waals surface area contributed by atoms with Crippen LogP contribution in [0.3, 0.4) is 0 Å². The summed E-state index contributed by atoms with van der Waals surface area (Å²) in [5.41, 5.74) is 2.14. The molecule has 3 heterocycles. The Morgan fingerprint density at radius 1 is 1.08 bits per heavy atom. The highest BCUT2D eigenvalue weighted by molar-refractivity contribution is 5.94. The number of methoxy groups -OCH3 is 2. The van der Waals surface area contributed by atoms with Crippen molar-refractivity contribution in [1.82, 2.24) is 20.4 Å². The van der Waals surface area contributed by atoms with E-state index < -0.39 is 18.3 Å². The van der Waals surface area contributed by atoms with Crippen LogP contribution in [0.1, 0.15) is 40.8 Å². The number of ether oxygens (including phenoxy) is 2. The number of carbonyl (C=O) groups excluding carboxylic acids is 1. The van der Waals surface area contributed by atoms with Gasteiger partial charge in [0, 0.05) is 36.2 Å². The standard InChI is InChI=1S/C26H28F3N5O3.ClH/c1-36-21-8-7-17(11-22(21)37-2)19-12-23(26(27,28)29)34-24(32-19)13-20(33-34)15-3-5-16(6-4-15)25(35)31-18-9-10-30-14-18;/h3-8,11,13,18-19,23,30,32H,9-10,12,14H2,1-2H3,(H,31,35);1H/t18?,19-,23+;/m0./s1. The molecule has 3 aromatic rings. The first-order valence-corrected chi connectivity index (χ1v) is 12.0. The minimum Gasteiger partial charge on any atom is -0.493 e.